The largest absolute Gasteiger partial charge is 0.423 e. The van der Waals surface area contributed by atoms with Crippen molar-refractivity contribution in [2.45, 2.75) is 33.9 Å². The first-order valence-corrected chi connectivity index (χ1v) is 10.7. The highest BCUT2D eigenvalue weighted by Gasteiger charge is 2.20. The summed E-state index contributed by atoms with van der Waals surface area (Å²) in [5.74, 6) is 0. The molecular formula is C22H27N5O2S. The summed E-state index contributed by atoms with van der Waals surface area (Å²) in [6, 6.07) is 7.26. The quantitative estimate of drug-likeness (QED) is 0.509. The third-order valence-corrected chi connectivity index (χ3v) is 5.99. The number of piperazine rings is 1. The molecule has 0 spiro atoms. The van der Waals surface area contributed by atoms with Crippen molar-refractivity contribution in [3.8, 4) is 0 Å². The molecular weight excluding hydrogens is 398 g/mol. The zero-order chi connectivity index (χ0) is 21.3. The Kier molecular flexibility index (Phi) is 5.87. The summed E-state index contributed by atoms with van der Waals surface area (Å²) in [6.07, 6.45) is 2.15. The minimum Gasteiger partial charge on any atom is -0.423 e. The molecule has 8 heteroatoms. The van der Waals surface area contributed by atoms with E-state index in [0.29, 0.717) is 10.7 Å². The number of thiocarbonyl (C=S) groups is 1. The van der Waals surface area contributed by atoms with Gasteiger partial charge in [-0.2, -0.15) is 5.10 Å². The Hall–Kier alpha value is -2.71. The molecule has 1 aromatic carbocycles. The number of benzene rings is 1. The summed E-state index contributed by atoms with van der Waals surface area (Å²) in [6.45, 7) is 11.5. The number of rotatable bonds is 4. The predicted octanol–water partition coefficient (Wildman–Crippen LogP) is 3.14. The van der Waals surface area contributed by atoms with Gasteiger partial charge < -0.3 is 14.6 Å². The molecule has 1 aliphatic rings. The topological polar surface area (TPSA) is 66.5 Å². The van der Waals surface area contributed by atoms with Gasteiger partial charge in [0.05, 0.1) is 5.69 Å². The molecule has 0 atom stereocenters. The van der Waals surface area contributed by atoms with Gasteiger partial charge in [-0.1, -0.05) is 0 Å². The van der Waals surface area contributed by atoms with Crippen LogP contribution >= 0.6 is 12.2 Å². The summed E-state index contributed by atoms with van der Waals surface area (Å²) >= 11 is 5.63. The van der Waals surface area contributed by atoms with Gasteiger partial charge in [0.25, 0.3) is 0 Å². The minimum atomic E-state index is -0.337. The monoisotopic (exact) mass is 425 g/mol. The van der Waals surface area contributed by atoms with Crippen LogP contribution in [0, 0.1) is 13.8 Å². The lowest BCUT2D eigenvalue weighted by Crippen LogP contribution is -2.49. The molecule has 1 N–H and O–H groups in total. The molecule has 3 aromatic rings. The van der Waals surface area contributed by atoms with Crippen LogP contribution in [0.1, 0.15) is 23.7 Å². The Morgan fingerprint density at radius 3 is 2.67 bits per heavy atom. The van der Waals surface area contributed by atoms with Gasteiger partial charge in [-0.25, -0.2) is 4.79 Å². The van der Waals surface area contributed by atoms with Gasteiger partial charge in [0.15, 0.2) is 5.11 Å². The van der Waals surface area contributed by atoms with Crippen molar-refractivity contribution < 1.29 is 4.42 Å². The van der Waals surface area contributed by atoms with E-state index in [2.05, 4.69) is 40.3 Å². The maximum Gasteiger partial charge on any atom is 0.336 e. The molecule has 7 nitrogen and oxygen atoms in total. The van der Waals surface area contributed by atoms with Crippen LogP contribution in [0.15, 0.2) is 39.7 Å². The van der Waals surface area contributed by atoms with Crippen LogP contribution in [0.3, 0.4) is 0 Å². The van der Waals surface area contributed by atoms with Crippen molar-refractivity contribution >= 4 is 34.0 Å². The maximum atomic E-state index is 11.7. The molecule has 0 aliphatic carbocycles. The van der Waals surface area contributed by atoms with E-state index in [4.69, 9.17) is 16.6 Å². The SMILES string of the molecule is CCn1cc(CN2CCN(C(=S)Nc3ccc4c(C)cc(=O)oc4c3)CC2)c(C)n1. The zero-order valence-corrected chi connectivity index (χ0v) is 18.5. The lowest BCUT2D eigenvalue weighted by Gasteiger charge is -2.36. The number of hydrogen-bond acceptors (Lipinski definition) is 5. The first kappa shape index (κ1) is 20.6. The van der Waals surface area contributed by atoms with E-state index < -0.39 is 0 Å². The van der Waals surface area contributed by atoms with E-state index in [1.54, 1.807) is 0 Å². The van der Waals surface area contributed by atoms with Crippen molar-refractivity contribution in [1.29, 1.82) is 0 Å². The van der Waals surface area contributed by atoms with Gasteiger partial charge in [-0.15, -0.1) is 0 Å². The second-order valence-corrected chi connectivity index (χ2v) is 8.13. The van der Waals surface area contributed by atoms with Crippen LogP contribution in [-0.2, 0) is 13.1 Å². The molecule has 0 amide bonds. The molecule has 1 aliphatic heterocycles. The van der Waals surface area contributed by atoms with Crippen LogP contribution < -0.4 is 10.9 Å². The van der Waals surface area contributed by atoms with Crippen molar-refractivity contribution in [1.82, 2.24) is 19.6 Å². The molecule has 158 valence electrons. The highest BCUT2D eigenvalue weighted by molar-refractivity contribution is 7.80. The van der Waals surface area contributed by atoms with Crippen molar-refractivity contribution in [3.63, 3.8) is 0 Å². The number of anilines is 1. The van der Waals surface area contributed by atoms with Gasteiger partial charge in [0, 0.05) is 74.2 Å². The fourth-order valence-corrected chi connectivity index (χ4v) is 4.13. The summed E-state index contributed by atoms with van der Waals surface area (Å²) in [5, 5.41) is 9.45. The number of nitrogens with one attached hydrogen (secondary N) is 1. The molecule has 0 bridgehead atoms. The van der Waals surface area contributed by atoms with Crippen LogP contribution in [0.5, 0.6) is 0 Å². The van der Waals surface area contributed by atoms with E-state index in [-0.39, 0.29) is 5.63 Å². The van der Waals surface area contributed by atoms with E-state index in [1.165, 1.54) is 11.6 Å². The van der Waals surface area contributed by atoms with E-state index in [0.717, 1.165) is 61.6 Å². The molecule has 1 saturated heterocycles. The van der Waals surface area contributed by atoms with Crippen LogP contribution in [0.4, 0.5) is 5.69 Å². The van der Waals surface area contributed by atoms with Gasteiger partial charge in [0.2, 0.25) is 0 Å². The average molecular weight is 426 g/mol. The predicted molar refractivity (Wildman–Crippen MR) is 123 cm³/mol. The third kappa shape index (κ3) is 4.39. The molecule has 0 unspecified atom stereocenters. The highest BCUT2D eigenvalue weighted by Crippen LogP contribution is 2.21. The van der Waals surface area contributed by atoms with Crippen LogP contribution in [0.2, 0.25) is 0 Å². The van der Waals surface area contributed by atoms with Gasteiger partial charge in [0.1, 0.15) is 5.58 Å². The van der Waals surface area contributed by atoms with Crippen LogP contribution in [0.25, 0.3) is 11.0 Å². The Bertz CT molecular complexity index is 1130. The van der Waals surface area contributed by atoms with Crippen molar-refractivity contribution in [3.05, 3.63) is 57.7 Å². The Morgan fingerprint density at radius 2 is 1.97 bits per heavy atom. The maximum absolute atomic E-state index is 11.7. The normalized spacial score (nSPS) is 15.0. The van der Waals surface area contributed by atoms with Gasteiger partial charge >= 0.3 is 5.63 Å². The minimum absolute atomic E-state index is 0.337. The number of hydrogen-bond donors (Lipinski definition) is 1. The molecule has 1 fully saturated rings. The standard InChI is InChI=1S/C22H27N5O2S/c1-4-27-14-17(16(3)24-27)13-25-7-9-26(10-8-25)22(30)23-18-5-6-19-15(2)11-21(28)29-20(19)12-18/h5-6,11-12,14H,4,7-10,13H2,1-3H3,(H,23,30). The number of aryl methyl sites for hydroxylation is 3. The second-order valence-electron chi connectivity index (χ2n) is 7.75. The molecule has 2 aromatic heterocycles. The summed E-state index contributed by atoms with van der Waals surface area (Å²) in [5.41, 5.74) is 4.36. The molecule has 4 rings (SSSR count). The number of nitrogens with zero attached hydrogens (tertiary/aromatic N) is 4. The van der Waals surface area contributed by atoms with E-state index in [9.17, 15) is 4.79 Å². The lowest BCUT2D eigenvalue weighted by atomic mass is 10.1. The van der Waals surface area contributed by atoms with Crippen molar-refractivity contribution in [2.24, 2.45) is 0 Å². The smallest absolute Gasteiger partial charge is 0.336 e. The first-order valence-electron chi connectivity index (χ1n) is 10.3. The molecule has 0 saturated carbocycles. The summed E-state index contributed by atoms with van der Waals surface area (Å²) in [7, 11) is 0. The van der Waals surface area contributed by atoms with E-state index in [1.807, 2.05) is 29.8 Å². The average Bonchev–Trinajstić information content (AvgIpc) is 3.07. The van der Waals surface area contributed by atoms with Gasteiger partial charge in [-0.3, -0.25) is 9.58 Å². The van der Waals surface area contributed by atoms with Crippen LogP contribution in [-0.4, -0.2) is 50.9 Å². The van der Waals surface area contributed by atoms with E-state index >= 15 is 0 Å². The Balaban J connectivity index is 1.36. The number of aromatic nitrogens is 2. The Morgan fingerprint density at radius 1 is 1.20 bits per heavy atom. The summed E-state index contributed by atoms with van der Waals surface area (Å²) in [4.78, 5) is 16.3. The fraction of sp³-hybridized carbons (Fsp3) is 0.409. The van der Waals surface area contributed by atoms with Crippen molar-refractivity contribution in [2.75, 3.05) is 31.5 Å². The zero-order valence-electron chi connectivity index (χ0n) is 17.6. The third-order valence-electron chi connectivity index (χ3n) is 5.63. The highest BCUT2D eigenvalue weighted by atomic mass is 32.1. The summed E-state index contributed by atoms with van der Waals surface area (Å²) < 4.78 is 7.33. The Labute approximate surface area is 181 Å². The molecule has 30 heavy (non-hydrogen) atoms. The fourth-order valence-electron chi connectivity index (χ4n) is 3.83. The first-order chi connectivity index (χ1) is 14.4. The number of fused-ring (bicyclic) bond motifs is 1. The van der Waals surface area contributed by atoms with Gasteiger partial charge in [-0.05, 0) is 50.7 Å². The molecule has 0 radical (unpaired) electrons. The second kappa shape index (κ2) is 8.57. The lowest BCUT2D eigenvalue weighted by molar-refractivity contribution is 0.176. The molecule has 3 heterocycles.